The second-order valence-electron chi connectivity index (χ2n) is 2.43. The molecule has 1 unspecified atom stereocenters. The SMILES string of the molecule is CCC(COC(C)=O)C(=O)OC. The topological polar surface area (TPSA) is 52.6 Å². The summed E-state index contributed by atoms with van der Waals surface area (Å²) in [6.07, 6.45) is 0.611. The lowest BCUT2D eigenvalue weighted by Crippen LogP contribution is -2.22. The van der Waals surface area contributed by atoms with Crippen LogP contribution < -0.4 is 0 Å². The van der Waals surface area contributed by atoms with Crippen LogP contribution in [0.25, 0.3) is 0 Å². The molecule has 0 aromatic heterocycles. The number of ether oxygens (including phenoxy) is 2. The minimum Gasteiger partial charge on any atom is -0.469 e. The Kier molecular flexibility index (Phi) is 5.08. The van der Waals surface area contributed by atoms with Crippen LogP contribution in [0.1, 0.15) is 20.3 Å². The minimum absolute atomic E-state index is 0.110. The molecule has 0 aliphatic carbocycles. The number of rotatable bonds is 4. The van der Waals surface area contributed by atoms with E-state index in [1.165, 1.54) is 14.0 Å². The van der Waals surface area contributed by atoms with Gasteiger partial charge in [0.05, 0.1) is 13.0 Å². The summed E-state index contributed by atoms with van der Waals surface area (Å²) in [4.78, 5) is 21.3. The molecule has 0 N–H and O–H groups in total. The van der Waals surface area contributed by atoms with E-state index in [0.29, 0.717) is 6.42 Å². The zero-order chi connectivity index (χ0) is 9.56. The predicted molar refractivity (Wildman–Crippen MR) is 42.4 cm³/mol. The molecule has 4 nitrogen and oxygen atoms in total. The Bertz CT molecular complexity index is 164. The van der Waals surface area contributed by atoms with Gasteiger partial charge in [0, 0.05) is 6.92 Å². The van der Waals surface area contributed by atoms with E-state index >= 15 is 0 Å². The molecule has 0 aromatic carbocycles. The van der Waals surface area contributed by atoms with Gasteiger partial charge in [0.1, 0.15) is 6.61 Å². The first-order valence-electron chi connectivity index (χ1n) is 3.83. The highest BCUT2D eigenvalue weighted by atomic mass is 16.5. The maximum atomic E-state index is 10.9. The third-order valence-electron chi connectivity index (χ3n) is 1.52. The van der Waals surface area contributed by atoms with E-state index in [0.717, 1.165) is 0 Å². The highest BCUT2D eigenvalue weighted by molar-refractivity contribution is 5.73. The molecule has 0 aromatic rings. The monoisotopic (exact) mass is 174 g/mol. The molecule has 0 saturated carbocycles. The van der Waals surface area contributed by atoms with Crippen LogP contribution in [-0.2, 0) is 19.1 Å². The fraction of sp³-hybridized carbons (Fsp3) is 0.750. The summed E-state index contributed by atoms with van der Waals surface area (Å²) in [5, 5.41) is 0. The van der Waals surface area contributed by atoms with Gasteiger partial charge in [-0.1, -0.05) is 6.92 Å². The fourth-order valence-electron chi connectivity index (χ4n) is 0.737. The second-order valence-corrected chi connectivity index (χ2v) is 2.43. The highest BCUT2D eigenvalue weighted by Crippen LogP contribution is 2.05. The predicted octanol–water partition coefficient (Wildman–Crippen LogP) is 0.749. The zero-order valence-corrected chi connectivity index (χ0v) is 7.62. The van der Waals surface area contributed by atoms with Crippen molar-refractivity contribution in [3.63, 3.8) is 0 Å². The van der Waals surface area contributed by atoms with Crippen molar-refractivity contribution in [1.29, 1.82) is 0 Å². The highest BCUT2D eigenvalue weighted by Gasteiger charge is 2.17. The summed E-state index contributed by atoms with van der Waals surface area (Å²) in [7, 11) is 1.32. The molecule has 0 saturated heterocycles. The van der Waals surface area contributed by atoms with Crippen LogP contribution in [0.2, 0.25) is 0 Å². The van der Waals surface area contributed by atoms with E-state index in [2.05, 4.69) is 9.47 Å². The summed E-state index contributed by atoms with van der Waals surface area (Å²) in [5.74, 6) is -1.05. The summed E-state index contributed by atoms with van der Waals surface area (Å²) >= 11 is 0. The molecule has 0 bridgehead atoms. The second kappa shape index (κ2) is 5.57. The zero-order valence-electron chi connectivity index (χ0n) is 7.62. The maximum absolute atomic E-state index is 10.9. The van der Waals surface area contributed by atoms with Crippen LogP contribution in [0.3, 0.4) is 0 Å². The van der Waals surface area contributed by atoms with E-state index in [1.54, 1.807) is 0 Å². The molecule has 4 heteroatoms. The van der Waals surface area contributed by atoms with Crippen molar-refractivity contribution < 1.29 is 19.1 Å². The molecular formula is C8H14O4. The van der Waals surface area contributed by atoms with Gasteiger partial charge in [-0.3, -0.25) is 9.59 Å². The first kappa shape index (κ1) is 10.9. The Balaban J connectivity index is 3.83. The molecule has 0 radical (unpaired) electrons. The lowest BCUT2D eigenvalue weighted by Gasteiger charge is -2.11. The summed E-state index contributed by atoms with van der Waals surface area (Å²) < 4.78 is 9.18. The minimum atomic E-state index is -0.377. The lowest BCUT2D eigenvalue weighted by molar-refractivity contribution is -0.152. The lowest BCUT2D eigenvalue weighted by atomic mass is 10.1. The van der Waals surface area contributed by atoms with Gasteiger partial charge in [-0.2, -0.15) is 0 Å². The molecule has 12 heavy (non-hydrogen) atoms. The molecule has 1 atom stereocenters. The number of hydrogen-bond acceptors (Lipinski definition) is 4. The van der Waals surface area contributed by atoms with Crippen molar-refractivity contribution in [2.75, 3.05) is 13.7 Å². The van der Waals surface area contributed by atoms with Crippen LogP contribution in [0, 0.1) is 5.92 Å². The molecule has 0 heterocycles. The van der Waals surface area contributed by atoms with Gasteiger partial charge < -0.3 is 9.47 Å². The third-order valence-corrected chi connectivity index (χ3v) is 1.52. The molecule has 0 aliphatic heterocycles. The first-order valence-corrected chi connectivity index (χ1v) is 3.83. The van der Waals surface area contributed by atoms with E-state index in [4.69, 9.17) is 0 Å². The third kappa shape index (κ3) is 3.95. The molecule has 0 fully saturated rings. The van der Waals surface area contributed by atoms with Gasteiger partial charge in [0.2, 0.25) is 0 Å². The summed E-state index contributed by atoms with van der Waals surface area (Å²) in [6, 6.07) is 0. The van der Waals surface area contributed by atoms with Crippen molar-refractivity contribution in [3.05, 3.63) is 0 Å². The Morgan fingerprint density at radius 1 is 1.42 bits per heavy atom. The van der Waals surface area contributed by atoms with Crippen molar-refractivity contribution in [1.82, 2.24) is 0 Å². The number of methoxy groups -OCH3 is 1. The number of hydrogen-bond donors (Lipinski definition) is 0. The van der Waals surface area contributed by atoms with Gasteiger partial charge in [0.15, 0.2) is 0 Å². The van der Waals surface area contributed by atoms with Crippen molar-refractivity contribution in [2.24, 2.45) is 5.92 Å². The van der Waals surface area contributed by atoms with Crippen LogP contribution in [-0.4, -0.2) is 25.7 Å². The molecule has 70 valence electrons. The average Bonchev–Trinajstić information content (AvgIpc) is 2.04. The number of carbonyl (C=O) groups is 2. The van der Waals surface area contributed by atoms with E-state index in [1.807, 2.05) is 6.92 Å². The van der Waals surface area contributed by atoms with Crippen molar-refractivity contribution in [3.8, 4) is 0 Å². The molecular weight excluding hydrogens is 160 g/mol. The Labute approximate surface area is 71.8 Å². The molecule has 0 aliphatic rings. The maximum Gasteiger partial charge on any atom is 0.312 e. The van der Waals surface area contributed by atoms with Crippen molar-refractivity contribution in [2.45, 2.75) is 20.3 Å². The summed E-state index contributed by atoms with van der Waals surface area (Å²) in [5.41, 5.74) is 0. The van der Waals surface area contributed by atoms with Gasteiger partial charge >= 0.3 is 11.9 Å². The van der Waals surface area contributed by atoms with Gasteiger partial charge in [-0.25, -0.2) is 0 Å². The smallest absolute Gasteiger partial charge is 0.312 e. The Morgan fingerprint density at radius 2 is 2.00 bits per heavy atom. The Hall–Kier alpha value is -1.06. The normalized spacial score (nSPS) is 11.9. The van der Waals surface area contributed by atoms with Gasteiger partial charge in [-0.15, -0.1) is 0 Å². The number of carbonyl (C=O) groups excluding carboxylic acids is 2. The van der Waals surface area contributed by atoms with E-state index in [9.17, 15) is 9.59 Å². The van der Waals surface area contributed by atoms with Crippen LogP contribution in [0.4, 0.5) is 0 Å². The van der Waals surface area contributed by atoms with Gasteiger partial charge in [-0.05, 0) is 6.42 Å². The van der Waals surface area contributed by atoms with Crippen LogP contribution in [0.5, 0.6) is 0 Å². The molecule has 0 amide bonds. The van der Waals surface area contributed by atoms with Crippen molar-refractivity contribution >= 4 is 11.9 Å². The fourth-order valence-corrected chi connectivity index (χ4v) is 0.737. The molecule has 0 rings (SSSR count). The summed E-state index contributed by atoms with van der Waals surface area (Å²) in [6.45, 7) is 3.26. The van der Waals surface area contributed by atoms with E-state index in [-0.39, 0.29) is 24.5 Å². The Morgan fingerprint density at radius 3 is 2.33 bits per heavy atom. The van der Waals surface area contributed by atoms with Gasteiger partial charge in [0.25, 0.3) is 0 Å². The largest absolute Gasteiger partial charge is 0.469 e. The first-order chi connectivity index (χ1) is 5.61. The molecule has 0 spiro atoms. The van der Waals surface area contributed by atoms with Crippen LogP contribution >= 0.6 is 0 Å². The average molecular weight is 174 g/mol. The quantitative estimate of drug-likeness (QED) is 0.590. The van der Waals surface area contributed by atoms with E-state index < -0.39 is 0 Å². The number of esters is 2. The van der Waals surface area contributed by atoms with Crippen LogP contribution in [0.15, 0.2) is 0 Å². The standard InChI is InChI=1S/C8H14O4/c1-4-7(8(10)11-3)5-12-6(2)9/h7H,4-5H2,1-3H3.